The number of rotatable bonds is 13. The highest BCUT2D eigenvalue weighted by atomic mass is 32.1. The summed E-state index contributed by atoms with van der Waals surface area (Å²) in [5.41, 5.74) is 6.17. The minimum absolute atomic E-state index is 0.101. The number of hydrogen-bond donors (Lipinski definition) is 1. The van der Waals surface area contributed by atoms with E-state index in [0.29, 0.717) is 24.8 Å². The van der Waals surface area contributed by atoms with Gasteiger partial charge in [0.05, 0.1) is 5.69 Å². The number of nitrogens with zero attached hydrogens (tertiary/aromatic N) is 1. The predicted molar refractivity (Wildman–Crippen MR) is 140 cm³/mol. The Balaban J connectivity index is 1.71. The van der Waals surface area contributed by atoms with Crippen molar-refractivity contribution >= 4 is 23.1 Å². The van der Waals surface area contributed by atoms with E-state index in [1.807, 2.05) is 25.1 Å². The number of carbonyl (C=O) groups excluding carboxylic acids is 1. The van der Waals surface area contributed by atoms with Crippen molar-refractivity contribution in [2.45, 2.75) is 78.6 Å². The molecule has 0 unspecified atom stereocenters. The number of hydrogen-bond acceptors (Lipinski definition) is 4. The molecule has 180 valence electrons. The number of carbonyl (C=O) groups is 2. The van der Waals surface area contributed by atoms with Crippen LogP contribution in [0.5, 0.6) is 0 Å². The SMILES string of the molecule is CCCCCCc1nc(-c2ccc(C)cc2)sc1CCC(=O)c1ccc(CCC(=O)O)c(C)c1. The normalized spacial score (nSPS) is 11.0. The maximum atomic E-state index is 13.0. The van der Waals surface area contributed by atoms with Crippen LogP contribution < -0.4 is 0 Å². The topological polar surface area (TPSA) is 67.3 Å². The number of benzene rings is 2. The molecule has 0 amide bonds. The molecule has 3 aromatic rings. The quantitative estimate of drug-likeness (QED) is 0.206. The Labute approximate surface area is 207 Å². The van der Waals surface area contributed by atoms with Crippen LogP contribution in [0.15, 0.2) is 42.5 Å². The van der Waals surface area contributed by atoms with Gasteiger partial charge in [0.15, 0.2) is 5.78 Å². The lowest BCUT2D eigenvalue weighted by molar-refractivity contribution is -0.136. The molecule has 0 spiro atoms. The number of ketones is 1. The first kappa shape index (κ1) is 25.8. The molecule has 1 aromatic heterocycles. The van der Waals surface area contributed by atoms with Gasteiger partial charge in [0.1, 0.15) is 5.01 Å². The van der Waals surface area contributed by atoms with Crippen molar-refractivity contribution in [1.29, 1.82) is 0 Å². The fourth-order valence-electron chi connectivity index (χ4n) is 4.08. The molecule has 0 saturated heterocycles. The van der Waals surface area contributed by atoms with E-state index in [1.54, 1.807) is 11.3 Å². The number of aryl methyl sites for hydroxylation is 5. The molecule has 2 aromatic carbocycles. The molecule has 0 radical (unpaired) electrons. The van der Waals surface area contributed by atoms with E-state index in [-0.39, 0.29) is 12.2 Å². The molecule has 0 aliphatic rings. The maximum Gasteiger partial charge on any atom is 0.303 e. The predicted octanol–water partition coefficient (Wildman–Crippen LogP) is 7.38. The van der Waals surface area contributed by atoms with Crippen LogP contribution in [0.25, 0.3) is 10.6 Å². The van der Waals surface area contributed by atoms with E-state index in [1.165, 1.54) is 29.7 Å². The summed E-state index contributed by atoms with van der Waals surface area (Å²) in [7, 11) is 0. The highest BCUT2D eigenvalue weighted by Crippen LogP contribution is 2.31. The smallest absolute Gasteiger partial charge is 0.303 e. The van der Waals surface area contributed by atoms with Gasteiger partial charge < -0.3 is 5.11 Å². The molecule has 0 fully saturated rings. The zero-order chi connectivity index (χ0) is 24.5. The first-order chi connectivity index (χ1) is 16.4. The summed E-state index contributed by atoms with van der Waals surface area (Å²) >= 11 is 1.72. The van der Waals surface area contributed by atoms with E-state index < -0.39 is 5.97 Å². The van der Waals surface area contributed by atoms with Crippen molar-refractivity contribution in [2.24, 2.45) is 0 Å². The molecule has 0 saturated carbocycles. The lowest BCUT2D eigenvalue weighted by atomic mass is 9.97. The summed E-state index contributed by atoms with van der Waals surface area (Å²) < 4.78 is 0. The Morgan fingerprint density at radius 3 is 2.35 bits per heavy atom. The second kappa shape index (κ2) is 12.6. The Kier molecular flexibility index (Phi) is 9.58. The molecule has 34 heavy (non-hydrogen) atoms. The van der Waals surface area contributed by atoms with Crippen LogP contribution in [0.3, 0.4) is 0 Å². The van der Waals surface area contributed by atoms with Crippen molar-refractivity contribution in [3.63, 3.8) is 0 Å². The van der Waals surface area contributed by atoms with Gasteiger partial charge in [0.2, 0.25) is 0 Å². The molecule has 0 atom stereocenters. The van der Waals surface area contributed by atoms with Crippen molar-refractivity contribution in [3.05, 3.63) is 75.3 Å². The van der Waals surface area contributed by atoms with Gasteiger partial charge in [-0.1, -0.05) is 68.1 Å². The zero-order valence-corrected chi connectivity index (χ0v) is 21.3. The summed E-state index contributed by atoms with van der Waals surface area (Å²) in [4.78, 5) is 30.0. The van der Waals surface area contributed by atoms with Crippen LogP contribution in [-0.2, 0) is 24.1 Å². The van der Waals surface area contributed by atoms with Crippen LogP contribution in [0, 0.1) is 13.8 Å². The Morgan fingerprint density at radius 2 is 1.68 bits per heavy atom. The molecule has 0 bridgehead atoms. The number of carboxylic acids is 1. The van der Waals surface area contributed by atoms with Crippen LogP contribution in [0.4, 0.5) is 0 Å². The zero-order valence-electron chi connectivity index (χ0n) is 20.5. The molecule has 0 aliphatic heterocycles. The third-order valence-corrected chi connectivity index (χ3v) is 7.40. The number of Topliss-reactive ketones (excluding diaryl/α,β-unsaturated/α-hetero) is 1. The Bertz CT molecular complexity index is 1110. The summed E-state index contributed by atoms with van der Waals surface area (Å²) in [6.45, 7) is 6.25. The summed E-state index contributed by atoms with van der Waals surface area (Å²) in [5.74, 6) is -0.685. The second-order valence-corrected chi connectivity index (χ2v) is 10.1. The van der Waals surface area contributed by atoms with Crippen molar-refractivity contribution in [1.82, 2.24) is 4.98 Å². The van der Waals surface area contributed by atoms with Crippen LogP contribution in [-0.4, -0.2) is 21.8 Å². The molecule has 4 nitrogen and oxygen atoms in total. The summed E-state index contributed by atoms with van der Waals surface area (Å²) in [5, 5.41) is 9.95. The van der Waals surface area contributed by atoms with E-state index in [0.717, 1.165) is 40.2 Å². The summed E-state index contributed by atoms with van der Waals surface area (Å²) in [6.07, 6.45) is 7.48. The van der Waals surface area contributed by atoms with Crippen LogP contribution >= 0.6 is 11.3 Å². The third kappa shape index (κ3) is 7.36. The second-order valence-electron chi connectivity index (χ2n) is 9.02. The molecule has 5 heteroatoms. The highest BCUT2D eigenvalue weighted by molar-refractivity contribution is 7.15. The number of unbranched alkanes of at least 4 members (excludes halogenated alkanes) is 3. The van der Waals surface area contributed by atoms with E-state index >= 15 is 0 Å². The number of aliphatic carboxylic acids is 1. The first-order valence-electron chi connectivity index (χ1n) is 12.3. The van der Waals surface area contributed by atoms with Gasteiger partial charge >= 0.3 is 5.97 Å². The lowest BCUT2D eigenvalue weighted by Crippen LogP contribution is -2.04. The van der Waals surface area contributed by atoms with Gasteiger partial charge in [-0.15, -0.1) is 11.3 Å². The lowest BCUT2D eigenvalue weighted by Gasteiger charge is -2.08. The van der Waals surface area contributed by atoms with Gasteiger partial charge in [-0.2, -0.15) is 0 Å². The molecule has 0 aliphatic carbocycles. The molecule has 1 heterocycles. The van der Waals surface area contributed by atoms with Gasteiger partial charge in [-0.05, 0) is 56.7 Å². The Hall–Kier alpha value is -2.79. The van der Waals surface area contributed by atoms with Gasteiger partial charge in [0.25, 0.3) is 0 Å². The van der Waals surface area contributed by atoms with Crippen molar-refractivity contribution < 1.29 is 14.7 Å². The van der Waals surface area contributed by atoms with E-state index in [2.05, 4.69) is 38.1 Å². The maximum absolute atomic E-state index is 13.0. The van der Waals surface area contributed by atoms with Gasteiger partial charge in [-0.3, -0.25) is 9.59 Å². The third-order valence-electron chi connectivity index (χ3n) is 6.20. The first-order valence-corrected chi connectivity index (χ1v) is 13.1. The van der Waals surface area contributed by atoms with Crippen molar-refractivity contribution in [3.8, 4) is 10.6 Å². The van der Waals surface area contributed by atoms with Crippen LogP contribution in [0.1, 0.15) is 83.1 Å². The molecule has 3 rings (SSSR count). The standard InChI is InChI=1S/C29H35NO3S/c1-4-5-6-7-8-25-27(34-29(30-25)23-11-9-20(2)10-12-23)17-16-26(31)24-14-13-22(21(3)19-24)15-18-28(32)33/h9-14,19H,4-8,15-18H2,1-3H3,(H,32,33). The number of carboxylic acid groups (broad SMARTS) is 1. The van der Waals surface area contributed by atoms with Gasteiger partial charge in [0, 0.05) is 28.8 Å². The number of thiazole rings is 1. The fourth-order valence-corrected chi connectivity index (χ4v) is 5.19. The van der Waals surface area contributed by atoms with Gasteiger partial charge in [-0.25, -0.2) is 4.98 Å². The number of aromatic nitrogens is 1. The fraction of sp³-hybridized carbons (Fsp3) is 0.414. The molecular formula is C29H35NO3S. The molecule has 1 N–H and O–H groups in total. The van der Waals surface area contributed by atoms with E-state index in [9.17, 15) is 9.59 Å². The monoisotopic (exact) mass is 477 g/mol. The minimum atomic E-state index is -0.806. The minimum Gasteiger partial charge on any atom is -0.481 e. The summed E-state index contributed by atoms with van der Waals surface area (Å²) in [6, 6.07) is 14.1. The van der Waals surface area contributed by atoms with Crippen molar-refractivity contribution in [2.75, 3.05) is 0 Å². The molecular weight excluding hydrogens is 442 g/mol. The average Bonchev–Trinajstić information content (AvgIpc) is 3.22. The Morgan fingerprint density at radius 1 is 0.912 bits per heavy atom. The van der Waals surface area contributed by atoms with E-state index in [4.69, 9.17) is 10.1 Å². The average molecular weight is 478 g/mol. The highest BCUT2D eigenvalue weighted by Gasteiger charge is 2.15. The largest absolute Gasteiger partial charge is 0.481 e. The van der Waals surface area contributed by atoms with Crippen LogP contribution in [0.2, 0.25) is 0 Å².